The highest BCUT2D eigenvalue weighted by Crippen LogP contribution is 2.32. The van der Waals surface area contributed by atoms with Crippen LogP contribution in [-0.4, -0.2) is 18.0 Å². The van der Waals surface area contributed by atoms with Crippen molar-refractivity contribution in [1.82, 2.24) is 0 Å². The number of fused-ring (bicyclic) bond motifs is 1. The van der Waals surface area contributed by atoms with E-state index in [0.717, 1.165) is 5.56 Å². The molecular formula is C16H14ClN3O2. The van der Waals surface area contributed by atoms with Crippen LogP contribution in [0.15, 0.2) is 48.5 Å². The van der Waals surface area contributed by atoms with Crippen molar-refractivity contribution in [3.63, 3.8) is 0 Å². The smallest absolute Gasteiger partial charge is 0.327 e. The lowest BCUT2D eigenvalue weighted by molar-refractivity contribution is -0.119. The van der Waals surface area contributed by atoms with E-state index in [9.17, 15) is 9.59 Å². The Morgan fingerprint density at radius 3 is 2.68 bits per heavy atom. The molecule has 1 aliphatic rings. The molecule has 0 aromatic heterocycles. The fraction of sp³-hybridized carbons (Fsp3) is 0.125. The second kappa shape index (κ2) is 5.69. The number of hydrogen-bond acceptors (Lipinski definition) is 2. The molecule has 1 atom stereocenters. The van der Waals surface area contributed by atoms with Crippen LogP contribution in [0.4, 0.5) is 16.2 Å². The van der Waals surface area contributed by atoms with Crippen molar-refractivity contribution in [3.05, 3.63) is 59.1 Å². The first-order chi connectivity index (χ1) is 10.6. The number of halogens is 1. The maximum Gasteiger partial charge on any atom is 0.327 e. The number of rotatable bonds is 2. The summed E-state index contributed by atoms with van der Waals surface area (Å²) >= 11 is 5.91. The maximum absolute atomic E-state index is 12.6. The number of para-hydroxylation sites is 1. The fourth-order valence-electron chi connectivity index (χ4n) is 2.61. The molecule has 5 nitrogen and oxygen atoms in total. The lowest BCUT2D eigenvalue weighted by Gasteiger charge is -2.23. The minimum atomic E-state index is -0.684. The van der Waals surface area contributed by atoms with Gasteiger partial charge in [0.15, 0.2) is 0 Å². The quantitative estimate of drug-likeness (QED) is 0.894. The summed E-state index contributed by atoms with van der Waals surface area (Å²) in [6.07, 6.45) is 0.425. The third kappa shape index (κ3) is 2.63. The van der Waals surface area contributed by atoms with Crippen LogP contribution in [0.25, 0.3) is 0 Å². The van der Waals surface area contributed by atoms with Gasteiger partial charge in [0, 0.05) is 22.8 Å². The number of amides is 3. The van der Waals surface area contributed by atoms with Crippen LogP contribution >= 0.6 is 11.6 Å². The molecule has 112 valence electrons. The zero-order valence-corrected chi connectivity index (χ0v) is 12.4. The zero-order valence-electron chi connectivity index (χ0n) is 11.6. The fourth-order valence-corrected chi connectivity index (χ4v) is 2.80. The van der Waals surface area contributed by atoms with Gasteiger partial charge in [-0.05, 0) is 29.8 Å². The van der Waals surface area contributed by atoms with Gasteiger partial charge in [-0.2, -0.15) is 0 Å². The van der Waals surface area contributed by atoms with Crippen LogP contribution in [0.3, 0.4) is 0 Å². The van der Waals surface area contributed by atoms with Crippen LogP contribution in [0.5, 0.6) is 0 Å². The number of carbonyl (C=O) groups excluding carboxylic acids is 2. The van der Waals surface area contributed by atoms with Gasteiger partial charge in [-0.1, -0.05) is 35.9 Å². The Hall–Kier alpha value is -2.53. The predicted octanol–water partition coefficient (Wildman–Crippen LogP) is 2.79. The van der Waals surface area contributed by atoms with E-state index >= 15 is 0 Å². The minimum Gasteiger partial charge on any atom is -0.368 e. The van der Waals surface area contributed by atoms with E-state index < -0.39 is 18.0 Å². The van der Waals surface area contributed by atoms with E-state index in [0.29, 0.717) is 22.8 Å². The van der Waals surface area contributed by atoms with Gasteiger partial charge in [0.2, 0.25) is 5.91 Å². The summed E-state index contributed by atoms with van der Waals surface area (Å²) in [5.74, 6) is -0.530. The number of nitrogens with zero attached hydrogens (tertiary/aromatic N) is 1. The number of nitrogens with two attached hydrogens (primary N) is 1. The van der Waals surface area contributed by atoms with Gasteiger partial charge >= 0.3 is 6.03 Å². The van der Waals surface area contributed by atoms with Crippen molar-refractivity contribution in [2.24, 2.45) is 5.73 Å². The average molecular weight is 316 g/mol. The molecule has 3 rings (SSSR count). The maximum atomic E-state index is 12.6. The van der Waals surface area contributed by atoms with Gasteiger partial charge < -0.3 is 11.1 Å². The summed E-state index contributed by atoms with van der Waals surface area (Å²) in [5.41, 5.74) is 7.62. The van der Waals surface area contributed by atoms with Crippen molar-refractivity contribution in [2.75, 3.05) is 10.2 Å². The van der Waals surface area contributed by atoms with E-state index in [4.69, 9.17) is 17.3 Å². The molecule has 0 bridgehead atoms. The van der Waals surface area contributed by atoms with Crippen LogP contribution in [-0.2, 0) is 11.2 Å². The molecule has 0 radical (unpaired) electrons. The number of carbonyl (C=O) groups is 2. The molecular weight excluding hydrogens is 302 g/mol. The number of urea groups is 1. The normalized spacial score (nSPS) is 16.2. The second-order valence-corrected chi connectivity index (χ2v) is 5.50. The van der Waals surface area contributed by atoms with Gasteiger partial charge in [0.05, 0.1) is 0 Å². The van der Waals surface area contributed by atoms with E-state index in [2.05, 4.69) is 5.32 Å². The molecule has 1 aliphatic heterocycles. The average Bonchev–Trinajstić information content (AvgIpc) is 2.87. The van der Waals surface area contributed by atoms with Gasteiger partial charge in [0.25, 0.3) is 0 Å². The first-order valence-corrected chi connectivity index (χ1v) is 7.17. The predicted molar refractivity (Wildman–Crippen MR) is 86.1 cm³/mol. The summed E-state index contributed by atoms with van der Waals surface area (Å²) in [6.45, 7) is 0. The van der Waals surface area contributed by atoms with Crippen molar-refractivity contribution in [2.45, 2.75) is 12.5 Å². The Balaban J connectivity index is 1.90. The number of benzene rings is 2. The van der Waals surface area contributed by atoms with E-state index in [-0.39, 0.29) is 0 Å². The number of hydrogen-bond donors (Lipinski definition) is 2. The SMILES string of the molecule is NC(=O)C1Cc2ccccc2N1C(=O)Nc1cccc(Cl)c1. The highest BCUT2D eigenvalue weighted by atomic mass is 35.5. The minimum absolute atomic E-state index is 0.406. The number of nitrogens with one attached hydrogen (secondary N) is 1. The zero-order chi connectivity index (χ0) is 15.7. The summed E-state index contributed by atoms with van der Waals surface area (Å²) < 4.78 is 0. The third-order valence-corrected chi connectivity index (χ3v) is 3.83. The molecule has 22 heavy (non-hydrogen) atoms. The molecule has 0 fully saturated rings. The summed E-state index contributed by atoms with van der Waals surface area (Å²) in [6, 6.07) is 13.1. The Morgan fingerprint density at radius 1 is 1.18 bits per heavy atom. The molecule has 2 aromatic rings. The summed E-state index contributed by atoms with van der Waals surface area (Å²) in [5, 5.41) is 3.26. The standard InChI is InChI=1S/C16H14ClN3O2/c17-11-5-3-6-12(9-11)19-16(22)20-13-7-2-1-4-10(13)8-14(20)15(18)21/h1-7,9,14H,8H2,(H2,18,21)(H,19,22). The lowest BCUT2D eigenvalue weighted by atomic mass is 10.1. The molecule has 0 saturated heterocycles. The third-order valence-electron chi connectivity index (χ3n) is 3.60. The van der Waals surface area contributed by atoms with Gasteiger partial charge in [-0.3, -0.25) is 9.69 Å². The topological polar surface area (TPSA) is 75.4 Å². The molecule has 0 saturated carbocycles. The first-order valence-electron chi connectivity index (χ1n) is 6.79. The molecule has 2 aromatic carbocycles. The molecule has 3 amide bonds. The summed E-state index contributed by atoms with van der Waals surface area (Å²) in [4.78, 5) is 25.6. The Kier molecular flexibility index (Phi) is 3.73. The van der Waals surface area contributed by atoms with Gasteiger partial charge in [0.1, 0.15) is 6.04 Å². The van der Waals surface area contributed by atoms with Gasteiger partial charge in [-0.25, -0.2) is 4.79 Å². The summed E-state index contributed by atoms with van der Waals surface area (Å²) in [7, 11) is 0. The highest BCUT2D eigenvalue weighted by molar-refractivity contribution is 6.31. The van der Waals surface area contributed by atoms with E-state index in [1.807, 2.05) is 18.2 Å². The van der Waals surface area contributed by atoms with Crippen LogP contribution in [0.1, 0.15) is 5.56 Å². The molecule has 1 unspecified atom stereocenters. The molecule has 6 heteroatoms. The first kappa shape index (κ1) is 14.4. The van der Waals surface area contributed by atoms with Crippen molar-refractivity contribution >= 4 is 34.9 Å². The van der Waals surface area contributed by atoms with Crippen LogP contribution < -0.4 is 16.0 Å². The number of primary amides is 1. The highest BCUT2D eigenvalue weighted by Gasteiger charge is 2.37. The van der Waals surface area contributed by atoms with Crippen LogP contribution in [0, 0.1) is 0 Å². The molecule has 0 spiro atoms. The molecule has 0 aliphatic carbocycles. The van der Waals surface area contributed by atoms with Crippen LogP contribution in [0.2, 0.25) is 5.02 Å². The van der Waals surface area contributed by atoms with E-state index in [1.54, 1.807) is 30.3 Å². The lowest BCUT2D eigenvalue weighted by Crippen LogP contribution is -2.47. The Labute approximate surface area is 132 Å². The van der Waals surface area contributed by atoms with E-state index in [1.165, 1.54) is 4.90 Å². The molecule has 1 heterocycles. The van der Waals surface area contributed by atoms with Crippen molar-refractivity contribution < 1.29 is 9.59 Å². The molecule has 3 N–H and O–H groups in total. The Bertz CT molecular complexity index is 748. The van der Waals surface area contributed by atoms with Gasteiger partial charge in [-0.15, -0.1) is 0 Å². The van der Waals surface area contributed by atoms with Crippen molar-refractivity contribution in [3.8, 4) is 0 Å². The Morgan fingerprint density at radius 2 is 1.95 bits per heavy atom. The van der Waals surface area contributed by atoms with Crippen molar-refractivity contribution in [1.29, 1.82) is 0 Å². The largest absolute Gasteiger partial charge is 0.368 e. The number of anilines is 2. The second-order valence-electron chi connectivity index (χ2n) is 5.06. The monoisotopic (exact) mass is 315 g/mol.